The fourth-order valence-electron chi connectivity index (χ4n) is 10.4. The molecule has 6 aliphatic carbocycles. The number of nitrogens with zero attached hydrogens (tertiary/aromatic N) is 1. The molecule has 3 aromatic heterocycles. The summed E-state index contributed by atoms with van der Waals surface area (Å²) in [5.74, 6) is 1.05. The van der Waals surface area contributed by atoms with E-state index in [0.717, 1.165) is 42.4 Å². The number of carbonyl (C=O) groups excluding carboxylic acids is 1. The Kier molecular flexibility index (Phi) is 3.80. The minimum Gasteiger partial charge on any atom is -0.455 e. The van der Waals surface area contributed by atoms with Gasteiger partial charge in [-0.25, -0.2) is 0 Å². The number of para-hydroxylation sites is 1. The third-order valence-corrected chi connectivity index (χ3v) is 12.8. The van der Waals surface area contributed by atoms with Gasteiger partial charge in [-0.05, 0) is 115 Å². The van der Waals surface area contributed by atoms with Crippen LogP contribution in [0.25, 0.3) is 60.0 Å². The second-order valence-electron chi connectivity index (χ2n) is 14.8. The lowest BCUT2D eigenvalue weighted by molar-refractivity contribution is 0.0898. The number of Topliss-reactive ketones (excluding diaryl/α,β-unsaturated/α-hetero) is 1. The van der Waals surface area contributed by atoms with E-state index in [2.05, 4.69) is 72.8 Å². The quantitative estimate of drug-likeness (QED) is 0.189. The van der Waals surface area contributed by atoms with Crippen molar-refractivity contribution in [2.75, 3.05) is 0 Å². The van der Waals surface area contributed by atoms with Crippen LogP contribution in [0.1, 0.15) is 98.2 Å². The molecule has 3 heterocycles. The summed E-state index contributed by atoms with van der Waals surface area (Å²) in [5.41, 5.74) is 11.6. The van der Waals surface area contributed by atoms with E-state index in [4.69, 9.17) is 4.42 Å². The van der Waals surface area contributed by atoms with Crippen LogP contribution in [-0.2, 0) is 10.8 Å². The van der Waals surface area contributed by atoms with Gasteiger partial charge in [0.2, 0.25) is 0 Å². The molecule has 4 aromatic carbocycles. The average Bonchev–Trinajstić information content (AvgIpc) is 3.61. The smallest absolute Gasteiger partial charge is 0.166 e. The zero-order valence-corrected chi connectivity index (χ0v) is 24.3. The van der Waals surface area contributed by atoms with Crippen molar-refractivity contribution >= 4 is 65.8 Å². The van der Waals surface area contributed by atoms with Gasteiger partial charge in [-0.15, -0.1) is 0 Å². The molecule has 206 valence electrons. The molecule has 3 nitrogen and oxygen atoms in total. The predicted octanol–water partition coefficient (Wildman–Crippen LogP) is 10.3. The summed E-state index contributed by atoms with van der Waals surface area (Å²) in [6.45, 7) is 5.02. The standard InChI is InChI=1S/C39H33NO2/c1-38-13-15-39(2,16-14-38)34-28(38)11-12-29-32(34)27-18-25-22-5-3-4-6-31(22)42-37(25)33-26-17-23-20-7-9-21(10-8-20)36(41)24(23)19-30(26)40(29)35(27)33/h3-6,11-12,17-21H,7-10,13-16H2,1-2H3. The molecule has 0 atom stereocenters. The molecular weight excluding hydrogens is 514 g/mol. The second-order valence-corrected chi connectivity index (χ2v) is 14.8. The maximum absolute atomic E-state index is 13.9. The van der Waals surface area contributed by atoms with Gasteiger partial charge in [-0.2, -0.15) is 0 Å². The van der Waals surface area contributed by atoms with Crippen molar-refractivity contribution in [1.29, 1.82) is 0 Å². The predicted molar refractivity (Wildman–Crippen MR) is 171 cm³/mol. The number of carbonyl (C=O) groups is 1. The maximum Gasteiger partial charge on any atom is 0.166 e. The fourth-order valence-corrected chi connectivity index (χ4v) is 10.4. The third-order valence-electron chi connectivity index (χ3n) is 12.8. The summed E-state index contributed by atoms with van der Waals surface area (Å²) < 4.78 is 9.25. The van der Waals surface area contributed by atoms with Crippen molar-refractivity contribution in [2.24, 2.45) is 5.92 Å². The van der Waals surface area contributed by atoms with Gasteiger partial charge >= 0.3 is 0 Å². The Morgan fingerprint density at radius 3 is 2.33 bits per heavy atom. The van der Waals surface area contributed by atoms with Gasteiger partial charge in [0, 0.05) is 38.4 Å². The van der Waals surface area contributed by atoms with E-state index >= 15 is 0 Å². The van der Waals surface area contributed by atoms with Gasteiger partial charge < -0.3 is 8.82 Å². The summed E-state index contributed by atoms with van der Waals surface area (Å²) in [6, 6.07) is 20.5. The summed E-state index contributed by atoms with van der Waals surface area (Å²) in [4.78, 5) is 13.9. The molecule has 0 aliphatic heterocycles. The minimum absolute atomic E-state index is 0.191. The zero-order chi connectivity index (χ0) is 27.7. The summed E-state index contributed by atoms with van der Waals surface area (Å²) in [7, 11) is 0. The Labute approximate surface area is 243 Å². The van der Waals surface area contributed by atoms with Gasteiger partial charge in [0.1, 0.15) is 11.2 Å². The average molecular weight is 548 g/mol. The molecule has 2 saturated carbocycles. The van der Waals surface area contributed by atoms with Crippen LogP contribution in [0.15, 0.2) is 59.0 Å². The molecule has 6 aliphatic rings. The molecule has 0 unspecified atom stereocenters. The van der Waals surface area contributed by atoms with Crippen molar-refractivity contribution in [3.8, 4) is 0 Å². The molecule has 3 heteroatoms. The molecular formula is C39H33NO2. The highest BCUT2D eigenvalue weighted by molar-refractivity contribution is 6.33. The number of rotatable bonds is 0. The second kappa shape index (κ2) is 7.02. The number of hydrogen-bond acceptors (Lipinski definition) is 2. The molecule has 4 bridgehead atoms. The van der Waals surface area contributed by atoms with Gasteiger partial charge in [0.05, 0.1) is 21.9 Å². The molecule has 42 heavy (non-hydrogen) atoms. The lowest BCUT2D eigenvalue weighted by atomic mass is 9.52. The van der Waals surface area contributed by atoms with Crippen molar-refractivity contribution in [3.05, 3.63) is 76.9 Å². The summed E-state index contributed by atoms with van der Waals surface area (Å²) in [5, 5.41) is 7.67. The fraction of sp³-hybridized carbons (Fsp3) is 0.359. The van der Waals surface area contributed by atoms with E-state index in [0.29, 0.717) is 11.7 Å². The maximum atomic E-state index is 13.9. The number of furan rings is 1. The van der Waals surface area contributed by atoms with E-state index in [1.54, 1.807) is 11.1 Å². The van der Waals surface area contributed by atoms with Crippen molar-refractivity contribution in [1.82, 2.24) is 4.40 Å². The van der Waals surface area contributed by atoms with Gasteiger partial charge in [0.25, 0.3) is 0 Å². The van der Waals surface area contributed by atoms with E-state index < -0.39 is 0 Å². The Hall–Kier alpha value is -3.85. The topological polar surface area (TPSA) is 34.6 Å². The highest BCUT2D eigenvalue weighted by atomic mass is 16.3. The highest BCUT2D eigenvalue weighted by Gasteiger charge is 2.49. The van der Waals surface area contributed by atoms with E-state index in [9.17, 15) is 4.79 Å². The van der Waals surface area contributed by atoms with Gasteiger partial charge in [-0.1, -0.05) is 38.1 Å². The molecule has 0 saturated heterocycles. The van der Waals surface area contributed by atoms with E-state index in [1.165, 1.54) is 80.1 Å². The first-order chi connectivity index (χ1) is 20.4. The molecule has 0 radical (unpaired) electrons. The lowest BCUT2D eigenvalue weighted by Gasteiger charge is -2.52. The summed E-state index contributed by atoms with van der Waals surface area (Å²) in [6.07, 6.45) is 9.40. The van der Waals surface area contributed by atoms with Crippen LogP contribution in [0.4, 0.5) is 0 Å². The Morgan fingerprint density at radius 2 is 1.50 bits per heavy atom. The highest BCUT2D eigenvalue weighted by Crippen LogP contribution is 2.60. The molecule has 0 amide bonds. The number of ketones is 1. The van der Waals surface area contributed by atoms with Crippen LogP contribution in [0.5, 0.6) is 0 Å². The van der Waals surface area contributed by atoms with Crippen LogP contribution in [0.3, 0.4) is 0 Å². The van der Waals surface area contributed by atoms with Crippen molar-refractivity contribution in [3.63, 3.8) is 0 Å². The van der Waals surface area contributed by atoms with Crippen LogP contribution >= 0.6 is 0 Å². The number of fused-ring (bicyclic) bond motifs is 14. The molecule has 7 aromatic rings. The first-order valence-electron chi connectivity index (χ1n) is 16.1. The number of benzene rings is 4. The van der Waals surface area contributed by atoms with Gasteiger partial charge in [0.15, 0.2) is 5.78 Å². The van der Waals surface area contributed by atoms with Crippen molar-refractivity contribution in [2.45, 2.75) is 82.0 Å². The van der Waals surface area contributed by atoms with Crippen LogP contribution in [-0.4, -0.2) is 10.2 Å². The van der Waals surface area contributed by atoms with E-state index in [1.807, 2.05) is 0 Å². The van der Waals surface area contributed by atoms with Crippen LogP contribution in [0, 0.1) is 5.92 Å². The molecule has 0 N–H and O–H groups in total. The van der Waals surface area contributed by atoms with E-state index in [-0.39, 0.29) is 16.7 Å². The first-order valence-corrected chi connectivity index (χ1v) is 16.1. The van der Waals surface area contributed by atoms with Gasteiger partial charge in [-0.3, -0.25) is 4.79 Å². The SMILES string of the molecule is CC12CCC(C)(CC1)c1c2ccc2c1c1cc3c4ccccc4oc3c3c4cc5c(cc4n2c13)C(=O)C1CCC5CC1. The van der Waals surface area contributed by atoms with Crippen molar-refractivity contribution < 1.29 is 9.21 Å². The monoisotopic (exact) mass is 547 g/mol. The third kappa shape index (κ3) is 2.41. The first kappa shape index (κ1) is 22.7. The lowest BCUT2D eigenvalue weighted by Crippen LogP contribution is -2.44. The normalized spacial score (nSPS) is 28.7. The Balaban J connectivity index is 1.41. The van der Waals surface area contributed by atoms with Crippen LogP contribution in [0.2, 0.25) is 0 Å². The Bertz CT molecular complexity index is 2370. The molecule has 2 fully saturated rings. The van der Waals surface area contributed by atoms with Crippen LogP contribution < -0.4 is 0 Å². The summed E-state index contributed by atoms with van der Waals surface area (Å²) >= 11 is 0. The molecule has 13 rings (SSSR count). The largest absolute Gasteiger partial charge is 0.455 e. The number of aromatic nitrogens is 1. The Morgan fingerprint density at radius 1 is 0.738 bits per heavy atom. The molecule has 0 spiro atoms. The minimum atomic E-state index is 0.191. The zero-order valence-electron chi connectivity index (χ0n) is 24.3. The number of hydrogen-bond donors (Lipinski definition) is 0.